The zero-order valence-corrected chi connectivity index (χ0v) is 9.04. The first-order chi connectivity index (χ1) is 6.61. The fourth-order valence-corrected chi connectivity index (χ4v) is 0.864. The van der Waals surface area contributed by atoms with Gasteiger partial charge in [0.2, 0.25) is 0 Å². The van der Waals surface area contributed by atoms with Crippen LogP contribution in [0.1, 0.15) is 13.8 Å². The second-order valence-corrected chi connectivity index (χ2v) is 3.32. The molecule has 0 spiro atoms. The normalized spacial score (nSPS) is 13.9. The molecule has 82 valence electrons. The van der Waals surface area contributed by atoms with Gasteiger partial charge in [0, 0.05) is 25.3 Å². The molecule has 0 saturated heterocycles. The molecule has 0 heterocycles. The van der Waals surface area contributed by atoms with Crippen molar-refractivity contribution in [2.24, 2.45) is 5.92 Å². The van der Waals surface area contributed by atoms with Crippen molar-refractivity contribution in [1.82, 2.24) is 5.32 Å². The number of esters is 1. The van der Waals surface area contributed by atoms with Crippen LogP contribution in [0, 0.1) is 5.92 Å². The summed E-state index contributed by atoms with van der Waals surface area (Å²) in [5, 5.41) is 11.8. The van der Waals surface area contributed by atoms with Gasteiger partial charge in [-0.25, -0.2) is 4.79 Å². The van der Waals surface area contributed by atoms with Crippen LogP contribution in [0.2, 0.25) is 0 Å². The van der Waals surface area contributed by atoms with E-state index in [1.165, 1.54) is 7.11 Å². The topological polar surface area (TPSA) is 58.6 Å². The van der Waals surface area contributed by atoms with Gasteiger partial charge in [-0.2, -0.15) is 0 Å². The van der Waals surface area contributed by atoms with Gasteiger partial charge >= 0.3 is 5.97 Å². The average Bonchev–Trinajstić information content (AvgIpc) is 2.22. The number of carbonyl (C=O) groups excluding carboxylic acids is 1. The number of aliphatic hydroxyl groups is 1. The standard InChI is InChI=1S/C10H19NO3/c1-8(7-12)6-11-5-4-9(2)10(13)14-3/h4,8,11-12H,5-7H2,1-3H3. The first kappa shape index (κ1) is 13.1. The molecule has 0 amide bonds. The molecule has 4 heteroatoms. The van der Waals surface area contributed by atoms with E-state index in [0.29, 0.717) is 12.1 Å². The molecule has 0 aromatic rings. The van der Waals surface area contributed by atoms with E-state index in [1.807, 2.05) is 6.92 Å². The molecule has 0 aromatic heterocycles. The summed E-state index contributed by atoms with van der Waals surface area (Å²) < 4.78 is 4.54. The van der Waals surface area contributed by atoms with E-state index in [0.717, 1.165) is 6.54 Å². The highest BCUT2D eigenvalue weighted by atomic mass is 16.5. The molecule has 0 aliphatic carbocycles. The van der Waals surface area contributed by atoms with Crippen molar-refractivity contribution < 1.29 is 14.6 Å². The minimum Gasteiger partial charge on any atom is -0.466 e. The van der Waals surface area contributed by atoms with Crippen molar-refractivity contribution >= 4 is 5.97 Å². The van der Waals surface area contributed by atoms with Crippen LogP contribution in [0.5, 0.6) is 0 Å². The van der Waals surface area contributed by atoms with Crippen LogP contribution in [0.25, 0.3) is 0 Å². The summed E-state index contributed by atoms with van der Waals surface area (Å²) in [6.45, 7) is 5.19. The summed E-state index contributed by atoms with van der Waals surface area (Å²) in [4.78, 5) is 10.9. The molecule has 1 unspecified atom stereocenters. The van der Waals surface area contributed by atoms with Crippen molar-refractivity contribution in [3.8, 4) is 0 Å². The van der Waals surface area contributed by atoms with E-state index in [1.54, 1.807) is 13.0 Å². The molecule has 0 saturated carbocycles. The number of aliphatic hydroxyl groups excluding tert-OH is 1. The average molecular weight is 201 g/mol. The van der Waals surface area contributed by atoms with Crippen LogP contribution in [0.4, 0.5) is 0 Å². The van der Waals surface area contributed by atoms with Crippen LogP contribution < -0.4 is 5.32 Å². The predicted octanol–water partition coefficient (Wildman–Crippen LogP) is 0.324. The van der Waals surface area contributed by atoms with Crippen LogP contribution in [-0.4, -0.2) is 37.9 Å². The van der Waals surface area contributed by atoms with Gasteiger partial charge in [-0.15, -0.1) is 0 Å². The maximum absolute atomic E-state index is 10.9. The molecule has 0 rings (SSSR count). The van der Waals surface area contributed by atoms with Crippen molar-refractivity contribution in [2.75, 3.05) is 26.8 Å². The van der Waals surface area contributed by atoms with Crippen LogP contribution >= 0.6 is 0 Å². The van der Waals surface area contributed by atoms with E-state index in [-0.39, 0.29) is 18.5 Å². The highest BCUT2D eigenvalue weighted by molar-refractivity contribution is 5.87. The lowest BCUT2D eigenvalue weighted by Crippen LogP contribution is -2.23. The SMILES string of the molecule is COC(=O)C(C)=CCNCC(C)CO. The van der Waals surface area contributed by atoms with E-state index >= 15 is 0 Å². The number of ether oxygens (including phenoxy) is 1. The molecule has 1 atom stereocenters. The molecule has 14 heavy (non-hydrogen) atoms. The molecule has 0 fully saturated rings. The Balaban J connectivity index is 3.66. The molecular formula is C10H19NO3. The third kappa shape index (κ3) is 5.72. The third-order valence-electron chi connectivity index (χ3n) is 1.86. The van der Waals surface area contributed by atoms with Gasteiger partial charge in [-0.3, -0.25) is 0 Å². The fraction of sp³-hybridized carbons (Fsp3) is 0.700. The van der Waals surface area contributed by atoms with Crippen molar-refractivity contribution in [3.63, 3.8) is 0 Å². The summed E-state index contributed by atoms with van der Waals surface area (Å²) in [5.74, 6) is -0.0659. The molecule has 0 aliphatic rings. The molecule has 0 aromatic carbocycles. The van der Waals surface area contributed by atoms with Crippen molar-refractivity contribution in [2.45, 2.75) is 13.8 Å². The second kappa shape index (κ2) is 7.53. The smallest absolute Gasteiger partial charge is 0.333 e. The van der Waals surface area contributed by atoms with Crippen LogP contribution in [0.3, 0.4) is 0 Å². The molecule has 0 bridgehead atoms. The Morgan fingerprint density at radius 3 is 2.79 bits per heavy atom. The summed E-state index contributed by atoms with van der Waals surface area (Å²) in [7, 11) is 1.36. The zero-order valence-electron chi connectivity index (χ0n) is 9.04. The lowest BCUT2D eigenvalue weighted by atomic mass is 10.2. The highest BCUT2D eigenvalue weighted by Crippen LogP contribution is 1.94. The highest BCUT2D eigenvalue weighted by Gasteiger charge is 2.01. The summed E-state index contributed by atoms with van der Waals surface area (Å²) in [6, 6.07) is 0. The van der Waals surface area contributed by atoms with Gasteiger partial charge in [-0.1, -0.05) is 13.0 Å². The first-order valence-corrected chi connectivity index (χ1v) is 4.68. The Kier molecular flexibility index (Phi) is 7.06. The number of nitrogens with one attached hydrogen (secondary N) is 1. The Bertz CT molecular complexity index is 202. The lowest BCUT2D eigenvalue weighted by molar-refractivity contribution is -0.136. The predicted molar refractivity (Wildman–Crippen MR) is 54.9 cm³/mol. The summed E-state index contributed by atoms with van der Waals surface area (Å²) in [5.41, 5.74) is 0.594. The molecular weight excluding hydrogens is 182 g/mol. The first-order valence-electron chi connectivity index (χ1n) is 4.68. The third-order valence-corrected chi connectivity index (χ3v) is 1.86. The van der Waals surface area contributed by atoms with Crippen molar-refractivity contribution in [1.29, 1.82) is 0 Å². The minimum absolute atomic E-state index is 0.173. The zero-order chi connectivity index (χ0) is 11.0. The quantitative estimate of drug-likeness (QED) is 0.369. The van der Waals surface area contributed by atoms with Gasteiger partial charge in [0.25, 0.3) is 0 Å². The van der Waals surface area contributed by atoms with Gasteiger partial charge in [0.15, 0.2) is 0 Å². The largest absolute Gasteiger partial charge is 0.466 e. The monoisotopic (exact) mass is 201 g/mol. The van der Waals surface area contributed by atoms with E-state index in [9.17, 15) is 4.79 Å². The fourth-order valence-electron chi connectivity index (χ4n) is 0.864. The maximum Gasteiger partial charge on any atom is 0.333 e. The van der Waals surface area contributed by atoms with E-state index in [2.05, 4.69) is 10.1 Å². The number of carbonyl (C=O) groups is 1. The van der Waals surface area contributed by atoms with Gasteiger partial charge in [0.05, 0.1) is 7.11 Å². The summed E-state index contributed by atoms with van der Waals surface area (Å²) in [6.07, 6.45) is 1.77. The Labute approximate surface area is 85.0 Å². The van der Waals surface area contributed by atoms with Gasteiger partial charge in [-0.05, 0) is 12.8 Å². The van der Waals surface area contributed by atoms with Crippen LogP contribution in [0.15, 0.2) is 11.6 Å². The number of methoxy groups -OCH3 is 1. The van der Waals surface area contributed by atoms with Gasteiger partial charge < -0.3 is 15.2 Å². The minimum atomic E-state index is -0.304. The molecule has 4 nitrogen and oxygen atoms in total. The number of rotatable bonds is 6. The van der Waals surface area contributed by atoms with E-state index < -0.39 is 0 Å². The Hall–Kier alpha value is -0.870. The number of hydrogen-bond donors (Lipinski definition) is 2. The van der Waals surface area contributed by atoms with Crippen LogP contribution in [-0.2, 0) is 9.53 Å². The van der Waals surface area contributed by atoms with Gasteiger partial charge in [0.1, 0.15) is 0 Å². The van der Waals surface area contributed by atoms with E-state index in [4.69, 9.17) is 5.11 Å². The molecule has 2 N–H and O–H groups in total. The second-order valence-electron chi connectivity index (χ2n) is 3.32. The van der Waals surface area contributed by atoms with Crippen molar-refractivity contribution in [3.05, 3.63) is 11.6 Å². The molecule has 0 aliphatic heterocycles. The molecule has 0 radical (unpaired) electrons. The lowest BCUT2D eigenvalue weighted by Gasteiger charge is -2.07. The summed E-state index contributed by atoms with van der Waals surface area (Å²) >= 11 is 0. The Morgan fingerprint density at radius 2 is 2.29 bits per heavy atom. The number of hydrogen-bond acceptors (Lipinski definition) is 4. The Morgan fingerprint density at radius 1 is 1.64 bits per heavy atom. The maximum atomic E-state index is 10.9.